The molecule has 1 aliphatic rings. The predicted molar refractivity (Wildman–Crippen MR) is 57.7 cm³/mol. The first-order valence-corrected chi connectivity index (χ1v) is 4.25. The molecule has 0 aliphatic carbocycles. The molecule has 1 aromatic rings. The summed E-state index contributed by atoms with van der Waals surface area (Å²) < 4.78 is 5.34. The highest BCUT2D eigenvalue weighted by atomic mass is 16.5. The largest absolute Gasteiger partial charge is 0.465 e. The Balaban J connectivity index is 2.61. The number of nitrogens with zero attached hydrogens (tertiary/aromatic N) is 2. The zero-order valence-corrected chi connectivity index (χ0v) is 7.68. The fourth-order valence-corrected chi connectivity index (χ4v) is 1.51. The Morgan fingerprint density at radius 2 is 2.14 bits per heavy atom. The number of rotatable bonds is 2. The van der Waals surface area contributed by atoms with Crippen LogP contribution < -0.4 is 4.74 Å². The molecule has 1 heterocycles. The predicted octanol–water partition coefficient (Wildman–Crippen LogP) is 2.67. The smallest absolute Gasteiger partial charge is 0.134 e. The number of benzene rings is 1. The second-order valence-electron chi connectivity index (χ2n) is 2.92. The van der Waals surface area contributed by atoms with E-state index < -0.39 is 0 Å². The van der Waals surface area contributed by atoms with Crippen LogP contribution in [0.1, 0.15) is 11.6 Å². The molecule has 1 atom stereocenters. The molecule has 0 amide bonds. The lowest BCUT2D eigenvalue weighted by Crippen LogP contribution is -2.01. The number of hydrogen-bond acceptors (Lipinski definition) is 3. The standard InChI is InChI=1S/C11H10N2O/c1-12-8-4-3-5-10-11(8)9(13-2)6-7-14-10/h3-7,9H,1-2H2. The van der Waals surface area contributed by atoms with Crippen LogP contribution in [0.2, 0.25) is 0 Å². The van der Waals surface area contributed by atoms with Gasteiger partial charge >= 0.3 is 0 Å². The number of ether oxygens (including phenoxy) is 1. The van der Waals surface area contributed by atoms with Crippen LogP contribution in [0.3, 0.4) is 0 Å². The van der Waals surface area contributed by atoms with E-state index in [4.69, 9.17) is 4.74 Å². The van der Waals surface area contributed by atoms with Crippen molar-refractivity contribution in [3.05, 3.63) is 36.1 Å². The van der Waals surface area contributed by atoms with Crippen molar-refractivity contribution in [2.24, 2.45) is 9.98 Å². The average molecular weight is 186 g/mol. The summed E-state index contributed by atoms with van der Waals surface area (Å²) in [4.78, 5) is 7.92. The molecule has 3 nitrogen and oxygen atoms in total. The molecule has 1 unspecified atom stereocenters. The minimum atomic E-state index is -0.0829. The van der Waals surface area contributed by atoms with Crippen LogP contribution in [0.15, 0.2) is 40.5 Å². The third kappa shape index (κ3) is 1.23. The molecule has 0 aromatic heterocycles. The highest BCUT2D eigenvalue weighted by Crippen LogP contribution is 2.38. The van der Waals surface area contributed by atoms with Crippen LogP contribution in [0.25, 0.3) is 0 Å². The molecule has 0 radical (unpaired) electrons. The van der Waals surface area contributed by atoms with Crippen molar-refractivity contribution in [3.63, 3.8) is 0 Å². The minimum Gasteiger partial charge on any atom is -0.465 e. The first kappa shape index (κ1) is 8.69. The summed E-state index contributed by atoms with van der Waals surface area (Å²) in [5.74, 6) is 0.773. The minimum absolute atomic E-state index is 0.0829. The lowest BCUT2D eigenvalue weighted by atomic mass is 10.0. The highest BCUT2D eigenvalue weighted by Gasteiger charge is 2.19. The maximum Gasteiger partial charge on any atom is 0.134 e. The van der Waals surface area contributed by atoms with Crippen molar-refractivity contribution < 1.29 is 4.74 Å². The Labute approximate surface area is 82.5 Å². The second kappa shape index (κ2) is 3.46. The summed E-state index contributed by atoms with van der Waals surface area (Å²) >= 11 is 0. The Bertz CT molecular complexity index is 410. The van der Waals surface area contributed by atoms with Crippen LogP contribution in [-0.4, -0.2) is 13.4 Å². The van der Waals surface area contributed by atoms with Crippen molar-refractivity contribution in [3.8, 4) is 5.75 Å². The van der Waals surface area contributed by atoms with E-state index in [0.717, 1.165) is 17.0 Å². The van der Waals surface area contributed by atoms with Gasteiger partial charge in [-0.05, 0) is 31.6 Å². The monoisotopic (exact) mass is 186 g/mol. The molecule has 3 heteroatoms. The lowest BCUT2D eigenvalue weighted by molar-refractivity contribution is 0.455. The van der Waals surface area contributed by atoms with Gasteiger partial charge in [-0.2, -0.15) is 0 Å². The quantitative estimate of drug-likeness (QED) is 0.654. The summed E-state index contributed by atoms with van der Waals surface area (Å²) in [7, 11) is 0. The maximum atomic E-state index is 5.34. The number of fused-ring (bicyclic) bond motifs is 1. The van der Waals surface area contributed by atoms with Gasteiger partial charge in [0.15, 0.2) is 0 Å². The van der Waals surface area contributed by atoms with E-state index >= 15 is 0 Å². The van der Waals surface area contributed by atoms with Gasteiger partial charge in [0.1, 0.15) is 11.8 Å². The van der Waals surface area contributed by atoms with Crippen LogP contribution in [0, 0.1) is 0 Å². The molecule has 70 valence electrons. The van der Waals surface area contributed by atoms with E-state index in [-0.39, 0.29) is 6.04 Å². The molecule has 1 aromatic carbocycles. The van der Waals surface area contributed by atoms with E-state index in [1.165, 1.54) is 0 Å². The van der Waals surface area contributed by atoms with Gasteiger partial charge in [0, 0.05) is 5.56 Å². The molecule has 2 rings (SSSR count). The van der Waals surface area contributed by atoms with Crippen LogP contribution in [0.5, 0.6) is 5.75 Å². The number of hydrogen-bond donors (Lipinski definition) is 0. The molecule has 14 heavy (non-hydrogen) atoms. The Morgan fingerprint density at radius 3 is 2.86 bits per heavy atom. The van der Waals surface area contributed by atoms with Gasteiger partial charge in [0.2, 0.25) is 0 Å². The fraction of sp³-hybridized carbons (Fsp3) is 0.0909. The SMILES string of the molecule is C=Nc1cccc2c1C(N=C)C=CO2. The Kier molecular flexibility index (Phi) is 2.14. The third-order valence-electron chi connectivity index (χ3n) is 2.16. The molecule has 0 saturated heterocycles. The van der Waals surface area contributed by atoms with Crippen molar-refractivity contribution >= 4 is 19.1 Å². The molecule has 0 fully saturated rings. The maximum absolute atomic E-state index is 5.34. The van der Waals surface area contributed by atoms with E-state index in [0.29, 0.717) is 0 Å². The molecule has 0 N–H and O–H groups in total. The van der Waals surface area contributed by atoms with E-state index in [1.54, 1.807) is 6.26 Å². The summed E-state index contributed by atoms with van der Waals surface area (Å²) in [6.07, 6.45) is 3.46. The van der Waals surface area contributed by atoms with Gasteiger partial charge in [-0.25, -0.2) is 0 Å². The van der Waals surface area contributed by atoms with Crippen LogP contribution in [0.4, 0.5) is 5.69 Å². The molecule has 0 spiro atoms. The zero-order valence-electron chi connectivity index (χ0n) is 7.68. The van der Waals surface area contributed by atoms with Gasteiger partial charge in [0.05, 0.1) is 11.9 Å². The van der Waals surface area contributed by atoms with Gasteiger partial charge < -0.3 is 4.74 Å². The van der Waals surface area contributed by atoms with Gasteiger partial charge in [-0.3, -0.25) is 9.98 Å². The number of aliphatic imine (C=N–C) groups is 2. The highest BCUT2D eigenvalue weighted by molar-refractivity contribution is 5.61. The topological polar surface area (TPSA) is 34.0 Å². The first-order chi connectivity index (χ1) is 6.86. The van der Waals surface area contributed by atoms with Crippen LogP contribution >= 0.6 is 0 Å². The Hall–Kier alpha value is -1.90. The van der Waals surface area contributed by atoms with E-state index in [1.807, 2.05) is 24.3 Å². The molecule has 0 bridgehead atoms. The van der Waals surface area contributed by atoms with E-state index in [2.05, 4.69) is 23.4 Å². The van der Waals surface area contributed by atoms with Crippen molar-refractivity contribution in [2.75, 3.05) is 0 Å². The average Bonchev–Trinajstić information content (AvgIpc) is 2.27. The molecule has 1 aliphatic heterocycles. The summed E-state index contributed by atoms with van der Waals surface area (Å²) in [5.41, 5.74) is 1.73. The Morgan fingerprint density at radius 1 is 1.29 bits per heavy atom. The summed E-state index contributed by atoms with van der Waals surface area (Å²) in [6.45, 7) is 7.06. The van der Waals surface area contributed by atoms with Gasteiger partial charge in [0.25, 0.3) is 0 Å². The fourth-order valence-electron chi connectivity index (χ4n) is 1.51. The summed E-state index contributed by atoms with van der Waals surface area (Å²) in [5, 5.41) is 0. The van der Waals surface area contributed by atoms with Crippen molar-refractivity contribution in [1.29, 1.82) is 0 Å². The van der Waals surface area contributed by atoms with Gasteiger partial charge in [-0.1, -0.05) is 6.07 Å². The van der Waals surface area contributed by atoms with E-state index in [9.17, 15) is 0 Å². The zero-order chi connectivity index (χ0) is 9.97. The normalized spacial score (nSPS) is 18.1. The molecular weight excluding hydrogens is 176 g/mol. The molecular formula is C11H10N2O. The van der Waals surface area contributed by atoms with Gasteiger partial charge in [-0.15, -0.1) is 0 Å². The second-order valence-corrected chi connectivity index (χ2v) is 2.92. The van der Waals surface area contributed by atoms with Crippen molar-refractivity contribution in [1.82, 2.24) is 0 Å². The lowest BCUT2D eigenvalue weighted by Gasteiger charge is -2.18. The van der Waals surface area contributed by atoms with Crippen molar-refractivity contribution in [2.45, 2.75) is 6.04 Å². The third-order valence-corrected chi connectivity index (χ3v) is 2.16. The first-order valence-electron chi connectivity index (χ1n) is 4.25. The van der Waals surface area contributed by atoms with Crippen LogP contribution in [-0.2, 0) is 0 Å². The summed E-state index contributed by atoms with van der Waals surface area (Å²) in [6, 6.07) is 5.56. The molecule has 0 saturated carbocycles.